The van der Waals surface area contributed by atoms with E-state index in [4.69, 9.17) is 5.10 Å². The van der Waals surface area contributed by atoms with Gasteiger partial charge in [-0.05, 0) is 80.8 Å². The monoisotopic (exact) mass is 311 g/mol. The van der Waals surface area contributed by atoms with Crippen LogP contribution in [0.1, 0.15) is 44.3 Å². The number of nitrogens with zero attached hydrogens (tertiary/aromatic N) is 5. The lowest BCUT2D eigenvalue weighted by Gasteiger charge is -2.57. The minimum atomic E-state index is 0.544. The summed E-state index contributed by atoms with van der Waals surface area (Å²) >= 11 is 0. The van der Waals surface area contributed by atoms with Gasteiger partial charge < -0.3 is 4.90 Å². The van der Waals surface area contributed by atoms with Crippen molar-refractivity contribution in [2.24, 2.45) is 23.2 Å². The largest absolute Gasteiger partial charge is 0.358 e. The lowest BCUT2D eigenvalue weighted by Crippen LogP contribution is -2.50. The van der Waals surface area contributed by atoms with Gasteiger partial charge in [0.15, 0.2) is 11.5 Å². The zero-order valence-corrected chi connectivity index (χ0v) is 14.1. The maximum Gasteiger partial charge on any atom is 0.178 e. The fraction of sp³-hybridized carbons (Fsp3) is 0.722. The molecule has 23 heavy (non-hydrogen) atoms. The molecule has 0 amide bonds. The summed E-state index contributed by atoms with van der Waals surface area (Å²) in [5.41, 5.74) is 1.37. The van der Waals surface area contributed by atoms with Gasteiger partial charge in [0.25, 0.3) is 0 Å². The number of anilines is 1. The van der Waals surface area contributed by atoms with E-state index < -0.39 is 0 Å². The van der Waals surface area contributed by atoms with Crippen molar-refractivity contribution >= 4 is 11.5 Å². The average Bonchev–Trinajstić information content (AvgIpc) is 2.86. The Morgan fingerprint density at radius 3 is 2.39 bits per heavy atom. The summed E-state index contributed by atoms with van der Waals surface area (Å²) < 4.78 is 1.85. The number of hydrogen-bond acceptors (Lipinski definition) is 4. The molecule has 4 fully saturated rings. The minimum absolute atomic E-state index is 0.544. The average molecular weight is 311 g/mol. The Morgan fingerprint density at radius 1 is 1.09 bits per heavy atom. The molecule has 0 N–H and O–H groups in total. The first kappa shape index (κ1) is 13.8. The molecule has 4 aliphatic rings. The number of aromatic nitrogens is 4. The van der Waals surface area contributed by atoms with Crippen molar-refractivity contribution in [2.75, 3.05) is 18.5 Å². The minimum Gasteiger partial charge on any atom is -0.358 e. The van der Waals surface area contributed by atoms with Crippen molar-refractivity contribution in [2.45, 2.75) is 45.4 Å². The predicted molar refractivity (Wildman–Crippen MR) is 89.4 cm³/mol. The molecule has 2 heterocycles. The fourth-order valence-electron chi connectivity index (χ4n) is 6.16. The molecule has 0 aliphatic heterocycles. The van der Waals surface area contributed by atoms with Gasteiger partial charge in [0.2, 0.25) is 0 Å². The van der Waals surface area contributed by atoms with Crippen LogP contribution in [-0.2, 0) is 0 Å². The van der Waals surface area contributed by atoms with Gasteiger partial charge in [-0.3, -0.25) is 0 Å². The third-order valence-electron chi connectivity index (χ3n) is 6.53. The maximum atomic E-state index is 4.75. The highest BCUT2D eigenvalue weighted by Gasteiger charge is 2.51. The van der Waals surface area contributed by atoms with E-state index in [1.165, 1.54) is 38.5 Å². The third-order valence-corrected chi connectivity index (χ3v) is 6.53. The molecule has 0 unspecified atom stereocenters. The maximum absolute atomic E-state index is 4.75. The van der Waals surface area contributed by atoms with Gasteiger partial charge in [-0.25, -0.2) is 0 Å². The second-order valence-corrected chi connectivity index (χ2v) is 8.48. The second-order valence-electron chi connectivity index (χ2n) is 8.48. The van der Waals surface area contributed by atoms with Gasteiger partial charge in [-0.1, -0.05) is 0 Å². The topological polar surface area (TPSA) is 46.3 Å². The summed E-state index contributed by atoms with van der Waals surface area (Å²) in [4.78, 5) is 2.37. The van der Waals surface area contributed by atoms with Gasteiger partial charge in [-0.15, -0.1) is 15.3 Å². The summed E-state index contributed by atoms with van der Waals surface area (Å²) in [7, 11) is 2.20. The SMILES string of the molecule is Cc1nnc2ccc(N(C)CC34CC5CC(CC(C5)C3)C4)nn12. The number of fused-ring (bicyclic) bond motifs is 1. The molecular formula is C18H25N5. The fourth-order valence-corrected chi connectivity index (χ4v) is 6.16. The number of hydrogen-bond donors (Lipinski definition) is 0. The molecule has 4 aliphatic carbocycles. The lowest BCUT2D eigenvalue weighted by molar-refractivity contribution is -0.0473. The molecule has 6 rings (SSSR count). The van der Waals surface area contributed by atoms with E-state index in [2.05, 4.69) is 28.2 Å². The van der Waals surface area contributed by atoms with E-state index in [-0.39, 0.29) is 0 Å². The highest BCUT2D eigenvalue weighted by molar-refractivity contribution is 5.45. The van der Waals surface area contributed by atoms with Crippen molar-refractivity contribution in [1.82, 2.24) is 19.8 Å². The smallest absolute Gasteiger partial charge is 0.178 e. The highest BCUT2D eigenvalue weighted by Crippen LogP contribution is 2.60. The van der Waals surface area contributed by atoms with Gasteiger partial charge in [0, 0.05) is 13.6 Å². The van der Waals surface area contributed by atoms with Gasteiger partial charge >= 0.3 is 0 Å². The Kier molecular flexibility index (Phi) is 2.80. The van der Waals surface area contributed by atoms with E-state index in [1.54, 1.807) is 0 Å². The molecule has 0 radical (unpaired) electrons. The van der Waals surface area contributed by atoms with Crippen LogP contribution in [0.25, 0.3) is 5.65 Å². The van der Waals surface area contributed by atoms with Crippen LogP contribution in [-0.4, -0.2) is 33.4 Å². The molecule has 0 aromatic carbocycles. The van der Waals surface area contributed by atoms with Gasteiger partial charge in [0.05, 0.1) is 0 Å². The van der Waals surface area contributed by atoms with Crippen LogP contribution in [0.5, 0.6) is 0 Å². The molecule has 0 atom stereocenters. The Hall–Kier alpha value is -1.65. The van der Waals surface area contributed by atoms with Crippen LogP contribution in [0, 0.1) is 30.1 Å². The number of rotatable bonds is 3. The molecule has 122 valence electrons. The Bertz CT molecular complexity index is 714. The van der Waals surface area contributed by atoms with E-state index in [1.807, 2.05) is 17.5 Å². The van der Waals surface area contributed by atoms with Crippen molar-refractivity contribution in [3.63, 3.8) is 0 Å². The van der Waals surface area contributed by atoms with E-state index >= 15 is 0 Å². The molecule has 4 bridgehead atoms. The van der Waals surface area contributed by atoms with Gasteiger partial charge in [0.1, 0.15) is 5.82 Å². The first-order chi connectivity index (χ1) is 11.1. The van der Waals surface area contributed by atoms with Crippen LogP contribution in [0.2, 0.25) is 0 Å². The molecule has 5 heteroatoms. The van der Waals surface area contributed by atoms with Crippen molar-refractivity contribution in [1.29, 1.82) is 0 Å². The summed E-state index contributed by atoms with van der Waals surface area (Å²) in [6, 6.07) is 4.11. The second kappa shape index (κ2) is 4.68. The molecular weight excluding hydrogens is 286 g/mol. The van der Waals surface area contributed by atoms with Crippen LogP contribution in [0.4, 0.5) is 5.82 Å². The molecule has 2 aromatic heterocycles. The van der Waals surface area contributed by atoms with Crippen LogP contribution in [0.3, 0.4) is 0 Å². The lowest BCUT2D eigenvalue weighted by atomic mass is 9.49. The van der Waals surface area contributed by atoms with Crippen LogP contribution < -0.4 is 4.90 Å². The van der Waals surface area contributed by atoms with Crippen LogP contribution >= 0.6 is 0 Å². The summed E-state index contributed by atoms with van der Waals surface area (Å²) in [6.07, 6.45) is 8.85. The van der Waals surface area contributed by atoms with Crippen molar-refractivity contribution in [3.8, 4) is 0 Å². The summed E-state index contributed by atoms with van der Waals surface area (Å²) in [5.74, 6) is 4.90. The molecule has 0 spiro atoms. The highest BCUT2D eigenvalue weighted by atomic mass is 15.4. The Morgan fingerprint density at radius 2 is 1.74 bits per heavy atom. The quantitative estimate of drug-likeness (QED) is 0.874. The normalized spacial score (nSPS) is 35.1. The zero-order chi connectivity index (χ0) is 15.6. The number of aryl methyl sites for hydroxylation is 1. The molecule has 0 saturated heterocycles. The predicted octanol–water partition coefficient (Wildman–Crippen LogP) is 3.09. The van der Waals surface area contributed by atoms with Crippen molar-refractivity contribution in [3.05, 3.63) is 18.0 Å². The third kappa shape index (κ3) is 2.16. The molecule has 5 nitrogen and oxygen atoms in total. The van der Waals surface area contributed by atoms with Crippen molar-refractivity contribution < 1.29 is 0 Å². The van der Waals surface area contributed by atoms with E-state index in [0.29, 0.717) is 5.41 Å². The summed E-state index contributed by atoms with van der Waals surface area (Å²) in [5, 5.41) is 13.0. The summed E-state index contributed by atoms with van der Waals surface area (Å²) in [6.45, 7) is 3.10. The Balaban J connectivity index is 1.41. The van der Waals surface area contributed by atoms with E-state index in [9.17, 15) is 0 Å². The van der Waals surface area contributed by atoms with Gasteiger partial charge in [-0.2, -0.15) is 4.52 Å². The first-order valence-corrected chi connectivity index (χ1v) is 9.00. The first-order valence-electron chi connectivity index (χ1n) is 9.00. The van der Waals surface area contributed by atoms with E-state index in [0.717, 1.165) is 41.6 Å². The zero-order valence-electron chi connectivity index (χ0n) is 14.1. The molecule has 2 aromatic rings. The standard InChI is InChI=1S/C18H25N5/c1-12-19-20-16-3-4-17(21-23(12)16)22(2)11-18-8-13-5-14(9-18)7-15(6-13)10-18/h3-4,13-15H,5-11H2,1-2H3. The van der Waals surface area contributed by atoms with Crippen LogP contribution in [0.15, 0.2) is 12.1 Å². The molecule has 4 saturated carbocycles. The Labute approximate surface area is 137 Å².